The van der Waals surface area contributed by atoms with Crippen molar-refractivity contribution >= 4 is 53.3 Å². The van der Waals surface area contributed by atoms with Crippen molar-refractivity contribution in [1.29, 1.82) is 0 Å². The van der Waals surface area contributed by atoms with Crippen molar-refractivity contribution < 1.29 is 9.53 Å². The third kappa shape index (κ3) is 8.04. The Balaban J connectivity index is 0.00000364. The van der Waals surface area contributed by atoms with E-state index >= 15 is 0 Å². The van der Waals surface area contributed by atoms with Gasteiger partial charge in [-0.05, 0) is 36.2 Å². The van der Waals surface area contributed by atoms with E-state index in [1.807, 2.05) is 55.5 Å². The van der Waals surface area contributed by atoms with Gasteiger partial charge < -0.3 is 15.4 Å². The van der Waals surface area contributed by atoms with Gasteiger partial charge in [-0.15, -0.1) is 24.0 Å². The van der Waals surface area contributed by atoms with E-state index in [-0.39, 0.29) is 24.0 Å². The van der Waals surface area contributed by atoms with Gasteiger partial charge in [-0.25, -0.2) is 9.79 Å². The van der Waals surface area contributed by atoms with Crippen molar-refractivity contribution in [3.8, 4) is 0 Å². The van der Waals surface area contributed by atoms with Crippen LogP contribution in [0, 0.1) is 0 Å². The van der Waals surface area contributed by atoms with Crippen molar-refractivity contribution in [3.63, 3.8) is 0 Å². The number of nitrogens with zero attached hydrogens (tertiary/aromatic N) is 1. The fourth-order valence-electron chi connectivity index (χ4n) is 2.20. The Kier molecular flexibility index (Phi) is 10.6. The van der Waals surface area contributed by atoms with Crippen LogP contribution in [0.25, 0.3) is 0 Å². The number of halogens is 2. The Labute approximate surface area is 181 Å². The van der Waals surface area contributed by atoms with Gasteiger partial charge in [0.2, 0.25) is 0 Å². The largest absolute Gasteiger partial charge is 0.453 e. The number of anilines is 1. The first-order chi connectivity index (χ1) is 12.6. The second-order valence-electron chi connectivity index (χ2n) is 5.45. The van der Waals surface area contributed by atoms with Crippen LogP contribution >= 0.6 is 35.6 Å². The molecular weight excluding hydrogens is 479 g/mol. The molecule has 1 amide bonds. The average Bonchev–Trinajstić information content (AvgIpc) is 2.66. The van der Waals surface area contributed by atoms with Crippen LogP contribution in [-0.4, -0.2) is 25.7 Å². The highest BCUT2D eigenvalue weighted by molar-refractivity contribution is 14.0. The Morgan fingerprint density at radius 1 is 1.11 bits per heavy atom. The third-order valence-corrected chi connectivity index (χ3v) is 3.92. The zero-order chi connectivity index (χ0) is 18.8. The minimum Gasteiger partial charge on any atom is -0.453 e. The number of benzene rings is 2. The van der Waals surface area contributed by atoms with Crippen molar-refractivity contribution in [3.05, 3.63) is 64.7 Å². The van der Waals surface area contributed by atoms with E-state index in [1.54, 1.807) is 0 Å². The summed E-state index contributed by atoms with van der Waals surface area (Å²) < 4.78 is 4.56. The number of rotatable bonds is 6. The van der Waals surface area contributed by atoms with Crippen molar-refractivity contribution in [2.75, 3.05) is 19.0 Å². The lowest BCUT2D eigenvalue weighted by Crippen LogP contribution is -2.36. The van der Waals surface area contributed by atoms with Gasteiger partial charge in [-0.1, -0.05) is 41.9 Å². The molecule has 6 nitrogen and oxygen atoms in total. The number of carbonyl (C=O) groups excluding carboxylic acids is 1. The summed E-state index contributed by atoms with van der Waals surface area (Å²) in [6, 6.07) is 15.1. The van der Waals surface area contributed by atoms with E-state index in [4.69, 9.17) is 11.6 Å². The minimum atomic E-state index is -0.492. The maximum absolute atomic E-state index is 11.2. The lowest BCUT2D eigenvalue weighted by molar-refractivity contribution is 0.187. The summed E-state index contributed by atoms with van der Waals surface area (Å²) in [5.41, 5.74) is 2.71. The number of aliphatic imine (C=N–C) groups is 1. The average molecular weight is 503 g/mol. The second kappa shape index (κ2) is 12.4. The molecule has 3 N–H and O–H groups in total. The van der Waals surface area contributed by atoms with Crippen LogP contribution in [0.1, 0.15) is 18.1 Å². The van der Waals surface area contributed by atoms with E-state index < -0.39 is 6.09 Å². The van der Waals surface area contributed by atoms with E-state index in [9.17, 15) is 4.79 Å². The first-order valence-electron chi connectivity index (χ1n) is 8.32. The van der Waals surface area contributed by atoms with Crippen LogP contribution in [0.15, 0.2) is 53.5 Å². The van der Waals surface area contributed by atoms with Gasteiger partial charge in [0.15, 0.2) is 5.96 Å². The number of guanidine groups is 1. The summed E-state index contributed by atoms with van der Waals surface area (Å²) in [6.45, 7) is 3.88. The third-order valence-electron chi connectivity index (χ3n) is 3.55. The molecule has 0 heterocycles. The van der Waals surface area contributed by atoms with Gasteiger partial charge in [0, 0.05) is 23.8 Å². The van der Waals surface area contributed by atoms with E-state index in [1.165, 1.54) is 7.11 Å². The quantitative estimate of drug-likeness (QED) is 0.311. The van der Waals surface area contributed by atoms with Gasteiger partial charge in [-0.2, -0.15) is 0 Å². The monoisotopic (exact) mass is 502 g/mol. The Hall–Kier alpha value is -2.00. The molecule has 0 aliphatic rings. The Bertz CT molecular complexity index is 754. The molecule has 2 aromatic rings. The number of carbonyl (C=O) groups is 1. The van der Waals surface area contributed by atoms with E-state index in [0.29, 0.717) is 24.7 Å². The number of methoxy groups -OCH3 is 1. The Morgan fingerprint density at radius 2 is 1.81 bits per heavy atom. The highest BCUT2D eigenvalue weighted by atomic mass is 127. The molecule has 0 aliphatic carbocycles. The number of nitrogens with one attached hydrogen (secondary N) is 3. The Morgan fingerprint density at radius 3 is 2.44 bits per heavy atom. The highest BCUT2D eigenvalue weighted by Crippen LogP contribution is 2.14. The number of amides is 1. The van der Waals surface area contributed by atoms with Gasteiger partial charge in [0.1, 0.15) is 0 Å². The number of ether oxygens (including phenoxy) is 1. The van der Waals surface area contributed by atoms with E-state index in [0.717, 1.165) is 22.7 Å². The van der Waals surface area contributed by atoms with Crippen LogP contribution < -0.4 is 16.0 Å². The predicted molar refractivity (Wildman–Crippen MR) is 121 cm³/mol. The first kappa shape index (κ1) is 23.0. The normalized spacial score (nSPS) is 10.6. The van der Waals surface area contributed by atoms with Crippen LogP contribution in [0.5, 0.6) is 0 Å². The fraction of sp³-hybridized carbons (Fsp3) is 0.263. The van der Waals surface area contributed by atoms with Crippen LogP contribution in [-0.2, 0) is 17.8 Å². The summed E-state index contributed by atoms with van der Waals surface area (Å²) in [5, 5.41) is 9.82. The molecule has 0 saturated carbocycles. The zero-order valence-corrected chi connectivity index (χ0v) is 18.4. The minimum absolute atomic E-state index is 0. The van der Waals surface area contributed by atoms with Crippen molar-refractivity contribution in [2.45, 2.75) is 20.0 Å². The fourth-order valence-corrected chi connectivity index (χ4v) is 2.40. The molecule has 0 unspecified atom stereocenters. The molecule has 2 aromatic carbocycles. The summed E-state index contributed by atoms with van der Waals surface area (Å²) in [5.74, 6) is 0.712. The topological polar surface area (TPSA) is 74.8 Å². The summed E-state index contributed by atoms with van der Waals surface area (Å²) in [4.78, 5) is 15.8. The van der Waals surface area contributed by atoms with Gasteiger partial charge in [0.25, 0.3) is 0 Å². The number of hydrogen-bond donors (Lipinski definition) is 3. The molecular formula is C19H24ClIN4O2. The lowest BCUT2D eigenvalue weighted by atomic mass is 10.2. The summed E-state index contributed by atoms with van der Waals surface area (Å²) in [7, 11) is 1.33. The molecule has 0 spiro atoms. The van der Waals surface area contributed by atoms with Crippen LogP contribution in [0.2, 0.25) is 5.02 Å². The molecule has 8 heteroatoms. The smallest absolute Gasteiger partial charge is 0.411 e. The van der Waals surface area contributed by atoms with Gasteiger partial charge in [0.05, 0.1) is 13.7 Å². The van der Waals surface area contributed by atoms with Crippen molar-refractivity contribution in [2.24, 2.45) is 4.99 Å². The zero-order valence-electron chi connectivity index (χ0n) is 15.3. The molecule has 0 fully saturated rings. The van der Waals surface area contributed by atoms with Gasteiger partial charge >= 0.3 is 6.09 Å². The van der Waals surface area contributed by atoms with Crippen LogP contribution in [0.3, 0.4) is 0 Å². The SMILES string of the molecule is CCNC(=NCc1ccc(NC(=O)OC)cc1)NCc1ccccc1Cl.I. The van der Waals surface area contributed by atoms with Crippen molar-refractivity contribution in [1.82, 2.24) is 10.6 Å². The lowest BCUT2D eigenvalue weighted by Gasteiger charge is -2.12. The summed E-state index contributed by atoms with van der Waals surface area (Å²) >= 11 is 6.18. The molecule has 0 radical (unpaired) electrons. The molecule has 0 aliphatic heterocycles. The molecule has 0 saturated heterocycles. The predicted octanol–water partition coefficient (Wildman–Crippen LogP) is 4.39. The van der Waals surface area contributed by atoms with Crippen LogP contribution in [0.4, 0.5) is 10.5 Å². The molecule has 146 valence electrons. The first-order valence-corrected chi connectivity index (χ1v) is 8.69. The molecule has 0 bridgehead atoms. The molecule has 0 aromatic heterocycles. The maximum Gasteiger partial charge on any atom is 0.411 e. The van der Waals surface area contributed by atoms with Gasteiger partial charge in [-0.3, -0.25) is 5.32 Å². The molecule has 0 atom stereocenters. The second-order valence-corrected chi connectivity index (χ2v) is 5.86. The highest BCUT2D eigenvalue weighted by Gasteiger charge is 2.03. The standard InChI is InChI=1S/C19H23ClN4O2.HI/c1-3-21-18(23-13-15-6-4-5-7-17(15)20)22-12-14-8-10-16(11-9-14)24-19(25)26-2;/h4-11H,3,12-13H2,1-2H3,(H,24,25)(H2,21,22,23);1H. The summed E-state index contributed by atoms with van der Waals surface area (Å²) in [6.07, 6.45) is -0.492. The number of hydrogen-bond acceptors (Lipinski definition) is 3. The molecule has 2 rings (SSSR count). The van der Waals surface area contributed by atoms with E-state index in [2.05, 4.69) is 25.7 Å². The maximum atomic E-state index is 11.2. The molecule has 27 heavy (non-hydrogen) atoms.